The van der Waals surface area contributed by atoms with Crippen molar-refractivity contribution < 1.29 is 19.1 Å². The second kappa shape index (κ2) is 6.27. The van der Waals surface area contributed by atoms with E-state index < -0.39 is 29.4 Å². The summed E-state index contributed by atoms with van der Waals surface area (Å²) < 4.78 is 6.91. The maximum absolute atomic E-state index is 12.9. The lowest BCUT2D eigenvalue weighted by Gasteiger charge is -2.27. The maximum atomic E-state index is 12.9. The molecule has 28 heavy (non-hydrogen) atoms. The molecule has 2 fully saturated rings. The number of carbonyl (C=O) groups excluding carboxylic acids is 3. The number of hydrogen-bond acceptors (Lipinski definition) is 6. The Labute approximate surface area is 162 Å². The molecule has 2 aliphatic heterocycles. The lowest BCUT2D eigenvalue weighted by atomic mass is 9.81. The molecule has 2 aromatic rings. The van der Waals surface area contributed by atoms with Crippen LogP contribution in [0.15, 0.2) is 36.9 Å². The second-order valence-corrected chi connectivity index (χ2v) is 7.41. The van der Waals surface area contributed by atoms with Crippen LogP contribution in [-0.4, -0.2) is 51.9 Å². The van der Waals surface area contributed by atoms with Crippen LogP contribution in [-0.2, 0) is 25.7 Å². The molecule has 2 amide bonds. The van der Waals surface area contributed by atoms with E-state index in [4.69, 9.17) is 9.72 Å². The molecule has 1 aromatic heterocycles. The van der Waals surface area contributed by atoms with Crippen molar-refractivity contribution in [1.29, 1.82) is 0 Å². The number of carbonyl (C=O) groups is 3. The summed E-state index contributed by atoms with van der Waals surface area (Å²) in [6.07, 6.45) is 1.75. The van der Waals surface area contributed by atoms with Crippen molar-refractivity contribution in [3.05, 3.63) is 42.7 Å². The quantitative estimate of drug-likeness (QED) is 0.482. The standard InChI is InChI=1S/C20H22N4O4/c1-5-10-24-12-9-7-6-8-11(12)21-16(24)15-13-14(18(26)23(3)17(13)25)20(2,22-15)19(27)28-4/h5-9,13-15,22H,1,10H2,2-4H3/t13-,14-,15+,20-/m0/s1. The number of imide groups is 1. The molecule has 4 atom stereocenters. The van der Waals surface area contributed by atoms with E-state index in [0.29, 0.717) is 12.4 Å². The molecule has 8 nitrogen and oxygen atoms in total. The van der Waals surface area contributed by atoms with Crippen LogP contribution in [0.3, 0.4) is 0 Å². The Morgan fingerprint density at radius 3 is 2.75 bits per heavy atom. The van der Waals surface area contributed by atoms with Crippen molar-refractivity contribution in [2.45, 2.75) is 25.0 Å². The van der Waals surface area contributed by atoms with Gasteiger partial charge in [-0.25, -0.2) is 4.98 Å². The number of hydrogen-bond donors (Lipinski definition) is 1. The first-order valence-corrected chi connectivity index (χ1v) is 9.08. The normalized spacial score (nSPS) is 29.4. The molecule has 0 saturated carbocycles. The van der Waals surface area contributed by atoms with E-state index in [1.165, 1.54) is 14.2 Å². The van der Waals surface area contributed by atoms with E-state index >= 15 is 0 Å². The SMILES string of the molecule is C=CCn1c([C@@H]2N[C@](C)(C(=O)OC)[C@@H]3C(=O)N(C)C(=O)[C@@H]32)nc2ccccc21. The topological polar surface area (TPSA) is 93.5 Å². The van der Waals surface area contributed by atoms with Gasteiger partial charge in [-0.3, -0.25) is 24.6 Å². The van der Waals surface area contributed by atoms with Gasteiger partial charge in [0.15, 0.2) is 0 Å². The van der Waals surface area contributed by atoms with Gasteiger partial charge >= 0.3 is 5.97 Å². The van der Waals surface area contributed by atoms with Gasteiger partial charge in [0, 0.05) is 13.6 Å². The van der Waals surface area contributed by atoms with Gasteiger partial charge in [-0.2, -0.15) is 0 Å². The average molecular weight is 382 g/mol. The predicted octanol–water partition coefficient (Wildman–Crippen LogP) is 1.03. The van der Waals surface area contributed by atoms with Crippen LogP contribution in [0.5, 0.6) is 0 Å². The molecule has 1 N–H and O–H groups in total. The number of benzene rings is 1. The third-order valence-corrected chi connectivity index (χ3v) is 5.89. The maximum Gasteiger partial charge on any atom is 0.326 e. The van der Waals surface area contributed by atoms with Gasteiger partial charge in [-0.1, -0.05) is 18.2 Å². The minimum Gasteiger partial charge on any atom is -0.468 e. The first-order chi connectivity index (χ1) is 13.3. The Hall–Kier alpha value is -3.00. The van der Waals surface area contributed by atoms with E-state index in [1.807, 2.05) is 28.8 Å². The molecular formula is C20H22N4O4. The minimum absolute atomic E-state index is 0.322. The smallest absolute Gasteiger partial charge is 0.326 e. The number of amides is 2. The molecule has 4 rings (SSSR count). The lowest BCUT2D eigenvalue weighted by Crippen LogP contribution is -2.53. The molecule has 0 aliphatic carbocycles. The van der Waals surface area contributed by atoms with Crippen LogP contribution >= 0.6 is 0 Å². The largest absolute Gasteiger partial charge is 0.468 e. The average Bonchev–Trinajstić information content (AvgIpc) is 3.29. The number of para-hydroxylation sites is 2. The Morgan fingerprint density at radius 1 is 1.36 bits per heavy atom. The Kier molecular flexibility index (Phi) is 4.11. The highest BCUT2D eigenvalue weighted by Crippen LogP contribution is 2.48. The monoisotopic (exact) mass is 382 g/mol. The predicted molar refractivity (Wildman–Crippen MR) is 101 cm³/mol. The van der Waals surface area contributed by atoms with Crippen molar-refractivity contribution in [3.8, 4) is 0 Å². The molecule has 2 saturated heterocycles. The fraction of sp³-hybridized carbons (Fsp3) is 0.400. The van der Waals surface area contributed by atoms with Gasteiger partial charge in [-0.05, 0) is 19.1 Å². The van der Waals surface area contributed by atoms with Gasteiger partial charge < -0.3 is 9.30 Å². The number of allylic oxidation sites excluding steroid dienone is 1. The number of imidazole rings is 1. The number of aromatic nitrogens is 2. The van der Waals surface area contributed by atoms with Gasteiger partial charge in [0.1, 0.15) is 11.4 Å². The van der Waals surface area contributed by atoms with Gasteiger partial charge in [-0.15, -0.1) is 6.58 Å². The number of nitrogens with one attached hydrogen (secondary N) is 1. The fourth-order valence-corrected chi connectivity index (χ4v) is 4.56. The third-order valence-electron chi connectivity index (χ3n) is 5.89. The van der Waals surface area contributed by atoms with E-state index in [9.17, 15) is 14.4 Å². The summed E-state index contributed by atoms with van der Waals surface area (Å²) >= 11 is 0. The van der Waals surface area contributed by atoms with Crippen molar-refractivity contribution in [1.82, 2.24) is 19.8 Å². The van der Waals surface area contributed by atoms with Crippen LogP contribution in [0.4, 0.5) is 0 Å². The van der Waals surface area contributed by atoms with E-state index in [0.717, 1.165) is 15.9 Å². The summed E-state index contributed by atoms with van der Waals surface area (Å²) in [4.78, 5) is 44.1. The molecule has 0 bridgehead atoms. The van der Waals surface area contributed by atoms with Crippen LogP contribution in [0.2, 0.25) is 0 Å². The van der Waals surface area contributed by atoms with Crippen molar-refractivity contribution in [2.75, 3.05) is 14.2 Å². The number of nitrogens with zero attached hydrogens (tertiary/aromatic N) is 3. The summed E-state index contributed by atoms with van der Waals surface area (Å²) in [6, 6.07) is 7.02. The summed E-state index contributed by atoms with van der Waals surface area (Å²) in [5.41, 5.74) is 0.348. The summed E-state index contributed by atoms with van der Waals surface area (Å²) in [6.45, 7) is 5.91. The zero-order chi connectivity index (χ0) is 20.2. The molecular weight excluding hydrogens is 360 g/mol. The number of rotatable bonds is 4. The molecule has 1 aromatic carbocycles. The molecule has 2 aliphatic rings. The Morgan fingerprint density at radius 2 is 2.07 bits per heavy atom. The Bertz CT molecular complexity index is 1010. The fourth-order valence-electron chi connectivity index (χ4n) is 4.56. The van der Waals surface area contributed by atoms with Crippen molar-refractivity contribution in [2.24, 2.45) is 11.8 Å². The highest BCUT2D eigenvalue weighted by molar-refractivity contribution is 6.09. The van der Waals surface area contributed by atoms with Gasteiger partial charge in [0.05, 0.1) is 36.0 Å². The van der Waals surface area contributed by atoms with Crippen LogP contribution in [0.1, 0.15) is 18.8 Å². The van der Waals surface area contributed by atoms with Crippen molar-refractivity contribution >= 4 is 28.8 Å². The van der Waals surface area contributed by atoms with Gasteiger partial charge in [0.25, 0.3) is 0 Å². The molecule has 146 valence electrons. The number of ether oxygens (including phenoxy) is 1. The number of esters is 1. The molecule has 8 heteroatoms. The summed E-state index contributed by atoms with van der Waals surface area (Å²) in [5.74, 6) is -2.27. The van der Waals surface area contributed by atoms with Gasteiger partial charge in [0.2, 0.25) is 11.8 Å². The van der Waals surface area contributed by atoms with Crippen LogP contribution < -0.4 is 5.32 Å². The minimum atomic E-state index is -1.32. The van der Waals surface area contributed by atoms with Crippen LogP contribution in [0.25, 0.3) is 11.0 Å². The number of fused-ring (bicyclic) bond motifs is 2. The zero-order valence-electron chi connectivity index (χ0n) is 16.0. The van der Waals surface area contributed by atoms with E-state index in [2.05, 4.69) is 11.9 Å². The Balaban J connectivity index is 1.91. The van der Waals surface area contributed by atoms with Crippen LogP contribution in [0, 0.1) is 11.8 Å². The summed E-state index contributed by atoms with van der Waals surface area (Å²) in [5, 5.41) is 3.22. The van der Waals surface area contributed by atoms with Crippen molar-refractivity contribution in [3.63, 3.8) is 0 Å². The van der Waals surface area contributed by atoms with E-state index in [-0.39, 0.29) is 11.8 Å². The molecule has 0 spiro atoms. The number of methoxy groups -OCH3 is 1. The first-order valence-electron chi connectivity index (χ1n) is 9.08. The lowest BCUT2D eigenvalue weighted by molar-refractivity contribution is -0.152. The van der Waals surface area contributed by atoms with E-state index in [1.54, 1.807) is 13.0 Å². The number of likely N-dealkylation sites (tertiary alicyclic amines) is 1. The molecule has 0 unspecified atom stereocenters. The second-order valence-electron chi connectivity index (χ2n) is 7.41. The summed E-state index contributed by atoms with van der Waals surface area (Å²) in [7, 11) is 2.72. The highest BCUT2D eigenvalue weighted by Gasteiger charge is 2.67. The highest BCUT2D eigenvalue weighted by atomic mass is 16.5. The third kappa shape index (κ3) is 2.27. The molecule has 0 radical (unpaired) electrons. The molecule has 3 heterocycles. The first kappa shape index (κ1) is 18.4. The zero-order valence-corrected chi connectivity index (χ0v) is 16.0.